The quantitative estimate of drug-likeness (QED) is 0.141. The van der Waals surface area contributed by atoms with Gasteiger partial charge in [-0.05, 0) is 139 Å². The number of ether oxygens (including phenoxy) is 2. The molecule has 21 nitrogen and oxygen atoms in total. The highest BCUT2D eigenvalue weighted by Gasteiger charge is 2.72. The average molecular weight is 1120 g/mol. The highest BCUT2D eigenvalue weighted by molar-refractivity contribution is 5.99. The molecule has 0 bridgehead atoms. The number of piperazine rings is 2. The summed E-state index contributed by atoms with van der Waals surface area (Å²) < 4.78 is 12.4. The molecular weight excluding hydrogens is 1030 g/mol. The largest absolute Gasteiger partial charge is 0.361 e. The van der Waals surface area contributed by atoms with Crippen LogP contribution in [0.2, 0.25) is 0 Å². The lowest BCUT2D eigenvalue weighted by atomic mass is 9.72. The monoisotopic (exact) mass is 1120 g/mol. The number of nitrogens with one attached hydrogen (secondary N) is 4. The van der Waals surface area contributed by atoms with E-state index in [4.69, 9.17) is 9.47 Å². The number of nitrogens with two attached hydrogens (primary N) is 1. The van der Waals surface area contributed by atoms with E-state index in [9.17, 15) is 39.0 Å². The number of hydrogen-bond donors (Lipinski definition) is 7. The topological polar surface area (TPSA) is 262 Å². The number of aliphatic hydroxyl groups is 2. The Labute approximate surface area is 472 Å². The number of fused-ring (bicyclic) bond motifs is 10. The maximum atomic E-state index is 14.0. The molecule has 4 aromatic rings. The summed E-state index contributed by atoms with van der Waals surface area (Å²) >= 11 is 0. The second kappa shape index (κ2) is 19.9. The molecule has 2 aliphatic carbocycles. The molecule has 8 N–H and O–H groups in total. The molecule has 2 aromatic heterocycles. The van der Waals surface area contributed by atoms with Crippen molar-refractivity contribution < 1.29 is 48.5 Å². The third kappa shape index (κ3) is 8.39. The first kappa shape index (κ1) is 55.6. The van der Waals surface area contributed by atoms with Crippen molar-refractivity contribution in [3.63, 3.8) is 0 Å². The lowest BCUT2D eigenvalue weighted by Crippen LogP contribution is -2.72. The van der Waals surface area contributed by atoms with Gasteiger partial charge in [0, 0.05) is 84.3 Å². The molecule has 0 saturated carbocycles. The molecule has 81 heavy (non-hydrogen) atoms. The Hall–Kier alpha value is -5.94. The standard InChI is InChI=1S/C30H39N5O5.C29H37N5O5.CH5N/c1-16(2)11-23-27(37)34-10-6-9-24(34)30(39)35(23)28(38)29(3,40-30)32-26(36)18-12-20-19-7-5-8-21-25(19)17(14-31-21)13-22(20)33(4)15-18;1-15(2)24-26(36)33-10-6-9-22(33)29(38)34(24)27(37)28(3,39-29)31-25(35)17-11-19-18-7-5-8-20-23(18)16(13-30-20)12-21(19)32(4)14-17;1-2/h5,7-8,14,16,18,20,22-24,31,39H,6,9-13,15H2,1-4H3,(H,32,36);5,7-8,13,15,17,19,21-22,24,30,38H,6,9-12,14H2,1-4H3,(H,31,35);2H2,1H3/t18-,20?,22-,23+,24+,29-,30+;17-,19?,21-,22+,24+,28-,29+;/m11./s1. The molecule has 21 heteroatoms. The van der Waals surface area contributed by atoms with Crippen molar-refractivity contribution in [2.45, 2.75) is 171 Å². The Balaban J connectivity index is 0.000000156. The van der Waals surface area contributed by atoms with Gasteiger partial charge in [-0.1, -0.05) is 52.0 Å². The smallest absolute Gasteiger partial charge is 0.280 e. The van der Waals surface area contributed by atoms with E-state index in [0.717, 1.165) is 36.7 Å². The molecule has 8 fully saturated rings. The van der Waals surface area contributed by atoms with Gasteiger partial charge in [0.05, 0.1) is 11.8 Å². The molecule has 6 amide bonds. The van der Waals surface area contributed by atoms with Crippen LogP contribution in [-0.4, -0.2) is 192 Å². The molecule has 2 unspecified atom stereocenters. The zero-order valence-corrected chi connectivity index (χ0v) is 48.2. The first-order chi connectivity index (χ1) is 38.5. The van der Waals surface area contributed by atoms with Crippen LogP contribution in [0.25, 0.3) is 21.8 Å². The molecule has 14 rings (SSSR count). The fraction of sp³-hybridized carbons (Fsp3) is 0.633. The average Bonchev–Trinajstić information content (AvgIpc) is 2.16. The number of amides is 6. The Morgan fingerprint density at radius 3 is 1.59 bits per heavy atom. The van der Waals surface area contributed by atoms with Crippen LogP contribution in [0.4, 0.5) is 0 Å². The van der Waals surface area contributed by atoms with Crippen molar-refractivity contribution in [2.24, 2.45) is 29.4 Å². The van der Waals surface area contributed by atoms with E-state index in [2.05, 4.69) is 99.0 Å². The maximum Gasteiger partial charge on any atom is 0.280 e. The van der Waals surface area contributed by atoms with Crippen LogP contribution in [0, 0.1) is 23.7 Å². The second-order valence-electron chi connectivity index (χ2n) is 25.8. The number of carbonyl (C=O) groups excluding carboxylic acids is 6. The lowest BCUT2D eigenvalue weighted by molar-refractivity contribution is -0.317. The van der Waals surface area contributed by atoms with Crippen molar-refractivity contribution in [2.75, 3.05) is 47.3 Å². The number of benzene rings is 2. The summed E-state index contributed by atoms with van der Waals surface area (Å²) in [7, 11) is 5.62. The van der Waals surface area contributed by atoms with Crippen LogP contribution in [0.3, 0.4) is 0 Å². The SMILES string of the molecule is CC(C)C[C@H]1C(=O)N2CCC[C@H]2[C@]2(O)O[C@@](C)(NC(=O)[C@@H]3CC4c5cccc6[nH]cc(c56)C[C@H]4N(C)C3)C(=O)N12.CC(C)[C@H]1C(=O)N2CCC[C@H]2[C@]2(O)O[C@@](C)(NC(=O)[C@@H]3CC4c5cccc6[nH]cc(c56)C[C@H]4N(C)C3)C(=O)N12.CN. The maximum absolute atomic E-state index is 14.0. The third-order valence-corrected chi connectivity index (χ3v) is 20.0. The number of aromatic nitrogens is 2. The predicted octanol–water partition coefficient (Wildman–Crippen LogP) is 2.95. The minimum atomic E-state index is -1.98. The second-order valence-corrected chi connectivity index (χ2v) is 25.8. The molecule has 10 heterocycles. The van der Waals surface area contributed by atoms with Crippen LogP contribution in [0.1, 0.15) is 121 Å². The van der Waals surface area contributed by atoms with E-state index < -0.39 is 59.3 Å². The molecule has 0 spiro atoms. The predicted molar refractivity (Wildman–Crippen MR) is 299 cm³/mol. The van der Waals surface area contributed by atoms with Gasteiger partial charge >= 0.3 is 0 Å². The van der Waals surface area contributed by atoms with Gasteiger partial charge in [0.25, 0.3) is 23.6 Å². The Morgan fingerprint density at radius 2 is 1.14 bits per heavy atom. The number of H-pyrrole nitrogens is 2. The van der Waals surface area contributed by atoms with Crippen LogP contribution >= 0.6 is 0 Å². The molecule has 436 valence electrons. The van der Waals surface area contributed by atoms with E-state index >= 15 is 0 Å². The summed E-state index contributed by atoms with van der Waals surface area (Å²) in [5, 5.41) is 32.0. The summed E-state index contributed by atoms with van der Waals surface area (Å²) in [6.45, 7) is 12.9. The Kier molecular flexibility index (Phi) is 13.6. The van der Waals surface area contributed by atoms with Gasteiger partial charge < -0.3 is 56.1 Å². The lowest BCUT2D eigenvalue weighted by Gasteiger charge is -2.49. The van der Waals surface area contributed by atoms with E-state index in [0.29, 0.717) is 70.4 Å². The van der Waals surface area contributed by atoms with Crippen molar-refractivity contribution in [1.82, 2.24) is 50.0 Å². The highest BCUT2D eigenvalue weighted by atomic mass is 16.7. The molecule has 10 aliphatic rings. The van der Waals surface area contributed by atoms with Gasteiger partial charge in [-0.3, -0.25) is 48.0 Å². The number of hydrogen-bond acceptors (Lipinski definition) is 13. The molecule has 2 aromatic carbocycles. The Morgan fingerprint density at radius 1 is 0.691 bits per heavy atom. The summed E-state index contributed by atoms with van der Waals surface area (Å²) in [6.07, 6.45) is 10.3. The fourth-order valence-corrected chi connectivity index (χ4v) is 16.4. The van der Waals surface area contributed by atoms with Crippen molar-refractivity contribution >= 4 is 57.2 Å². The molecular formula is C60H81N11O10. The molecule has 8 aliphatic heterocycles. The molecule has 0 radical (unpaired) electrons. The van der Waals surface area contributed by atoms with Crippen molar-refractivity contribution in [1.29, 1.82) is 0 Å². The minimum absolute atomic E-state index is 0.123. The number of aromatic amines is 2. The summed E-state index contributed by atoms with van der Waals surface area (Å²) in [4.78, 5) is 99.4. The van der Waals surface area contributed by atoms with Crippen LogP contribution in [0.5, 0.6) is 0 Å². The number of rotatable bonds is 7. The molecule has 14 atom stereocenters. The van der Waals surface area contributed by atoms with Gasteiger partial charge in [-0.15, -0.1) is 0 Å². The zero-order chi connectivity index (χ0) is 57.6. The van der Waals surface area contributed by atoms with E-state index in [-0.39, 0.29) is 59.1 Å². The van der Waals surface area contributed by atoms with E-state index in [1.165, 1.54) is 63.7 Å². The zero-order valence-electron chi connectivity index (χ0n) is 48.2. The first-order valence-corrected chi connectivity index (χ1v) is 29.5. The van der Waals surface area contributed by atoms with E-state index in [1.807, 2.05) is 27.7 Å². The first-order valence-electron chi connectivity index (χ1n) is 29.5. The number of nitrogens with zero attached hydrogens (tertiary/aromatic N) is 6. The number of piperidine rings is 2. The van der Waals surface area contributed by atoms with Gasteiger partial charge in [0.2, 0.25) is 35.1 Å². The van der Waals surface area contributed by atoms with Gasteiger partial charge in [0.15, 0.2) is 0 Å². The summed E-state index contributed by atoms with van der Waals surface area (Å²) in [5.74, 6) is -6.40. The minimum Gasteiger partial charge on any atom is -0.361 e. The summed E-state index contributed by atoms with van der Waals surface area (Å²) in [6, 6.07) is 10.2. The van der Waals surface area contributed by atoms with E-state index in [1.54, 1.807) is 9.80 Å². The number of likely N-dealkylation sites (N-methyl/N-ethyl adjacent to an activating group) is 2. The van der Waals surface area contributed by atoms with Crippen molar-refractivity contribution in [3.8, 4) is 0 Å². The Bertz CT molecular complexity index is 3220. The number of carbonyl (C=O) groups is 6. The van der Waals surface area contributed by atoms with Crippen molar-refractivity contribution in [3.05, 3.63) is 71.0 Å². The fourth-order valence-electron chi connectivity index (χ4n) is 16.4. The molecule has 8 saturated heterocycles. The third-order valence-electron chi connectivity index (χ3n) is 20.0. The van der Waals surface area contributed by atoms with Crippen LogP contribution in [-0.2, 0) is 51.1 Å². The van der Waals surface area contributed by atoms with Gasteiger partial charge in [0.1, 0.15) is 24.2 Å². The number of likely N-dealkylation sites (tertiary alicyclic amines) is 2. The van der Waals surface area contributed by atoms with Gasteiger partial charge in [-0.2, -0.15) is 0 Å². The normalized spacial score (nSPS) is 36.7. The summed E-state index contributed by atoms with van der Waals surface area (Å²) in [5.41, 5.74) is 8.35. The van der Waals surface area contributed by atoms with Gasteiger partial charge in [-0.25, -0.2) is 0 Å². The van der Waals surface area contributed by atoms with Crippen LogP contribution in [0.15, 0.2) is 48.8 Å². The highest BCUT2D eigenvalue weighted by Crippen LogP contribution is 2.51. The van der Waals surface area contributed by atoms with Crippen LogP contribution < -0.4 is 16.4 Å².